The molecule has 0 fully saturated rings. The van der Waals surface area contributed by atoms with Gasteiger partial charge in [-0.2, -0.15) is 11.3 Å². The van der Waals surface area contributed by atoms with E-state index in [-0.39, 0.29) is 0 Å². The fraction of sp³-hybridized carbons (Fsp3) is 0.429. The summed E-state index contributed by atoms with van der Waals surface area (Å²) < 4.78 is 5.17. The lowest BCUT2D eigenvalue weighted by Gasteiger charge is -2.16. The second-order valence-corrected chi connectivity index (χ2v) is 5.01. The molecule has 2 nitrogen and oxygen atoms in total. The molecule has 0 aliphatic carbocycles. The van der Waals surface area contributed by atoms with Crippen molar-refractivity contribution in [2.45, 2.75) is 32.2 Å². The SMILES string of the molecule is CCCNC(CCc1ccsc1)c1ccoc1. The number of nitrogens with one attached hydrogen (secondary N) is 1. The maximum atomic E-state index is 5.17. The molecule has 0 spiro atoms. The Morgan fingerprint density at radius 1 is 1.41 bits per heavy atom. The summed E-state index contributed by atoms with van der Waals surface area (Å²) >= 11 is 1.77. The highest BCUT2D eigenvalue weighted by molar-refractivity contribution is 7.07. The zero-order valence-corrected chi connectivity index (χ0v) is 11.0. The van der Waals surface area contributed by atoms with Crippen LogP contribution in [-0.2, 0) is 6.42 Å². The summed E-state index contributed by atoms with van der Waals surface area (Å²) in [5.41, 5.74) is 2.69. The molecule has 0 radical (unpaired) electrons. The van der Waals surface area contributed by atoms with E-state index in [1.807, 2.05) is 6.26 Å². The first-order chi connectivity index (χ1) is 8.40. The van der Waals surface area contributed by atoms with Crippen LogP contribution in [0.5, 0.6) is 0 Å². The van der Waals surface area contributed by atoms with E-state index >= 15 is 0 Å². The van der Waals surface area contributed by atoms with Gasteiger partial charge in [0.2, 0.25) is 0 Å². The van der Waals surface area contributed by atoms with Crippen LogP contribution < -0.4 is 5.32 Å². The Hall–Kier alpha value is -1.06. The monoisotopic (exact) mass is 249 g/mol. The fourth-order valence-electron chi connectivity index (χ4n) is 1.92. The van der Waals surface area contributed by atoms with Crippen molar-refractivity contribution in [1.82, 2.24) is 5.32 Å². The predicted octanol–water partition coefficient (Wildman–Crippen LogP) is 4.01. The molecule has 3 heteroatoms. The Morgan fingerprint density at radius 3 is 3.00 bits per heavy atom. The molecule has 0 saturated heterocycles. The Bertz CT molecular complexity index is 394. The van der Waals surface area contributed by atoms with Gasteiger partial charge >= 0.3 is 0 Å². The number of rotatable bonds is 7. The summed E-state index contributed by atoms with van der Waals surface area (Å²) in [6, 6.07) is 4.67. The van der Waals surface area contributed by atoms with Gasteiger partial charge in [0.25, 0.3) is 0 Å². The average molecular weight is 249 g/mol. The van der Waals surface area contributed by atoms with Crippen LogP contribution in [0.15, 0.2) is 39.8 Å². The predicted molar refractivity (Wildman–Crippen MR) is 72.4 cm³/mol. The highest BCUT2D eigenvalue weighted by Crippen LogP contribution is 2.20. The van der Waals surface area contributed by atoms with Gasteiger partial charge in [-0.3, -0.25) is 0 Å². The number of furan rings is 1. The number of aryl methyl sites for hydroxylation is 1. The van der Waals surface area contributed by atoms with E-state index < -0.39 is 0 Å². The van der Waals surface area contributed by atoms with E-state index in [1.54, 1.807) is 17.6 Å². The molecule has 2 heterocycles. The Kier molecular flexibility index (Phi) is 4.83. The van der Waals surface area contributed by atoms with Crippen molar-refractivity contribution in [3.8, 4) is 0 Å². The van der Waals surface area contributed by atoms with Crippen LogP contribution in [0.2, 0.25) is 0 Å². The van der Waals surface area contributed by atoms with E-state index in [2.05, 4.69) is 35.1 Å². The molecule has 0 amide bonds. The second-order valence-electron chi connectivity index (χ2n) is 4.23. The lowest BCUT2D eigenvalue weighted by atomic mass is 10.0. The zero-order valence-electron chi connectivity index (χ0n) is 10.2. The molecule has 17 heavy (non-hydrogen) atoms. The van der Waals surface area contributed by atoms with Crippen LogP contribution >= 0.6 is 11.3 Å². The topological polar surface area (TPSA) is 25.2 Å². The van der Waals surface area contributed by atoms with Gasteiger partial charge in [0.05, 0.1) is 12.5 Å². The van der Waals surface area contributed by atoms with E-state index in [0.29, 0.717) is 6.04 Å². The standard InChI is InChI=1S/C14H19NOS/c1-2-7-15-14(13-5-8-16-10-13)4-3-12-6-9-17-11-12/h5-6,8-11,14-15H,2-4,7H2,1H3. The van der Waals surface area contributed by atoms with Crippen molar-refractivity contribution in [1.29, 1.82) is 0 Å². The molecule has 0 aromatic carbocycles. The molecular weight excluding hydrogens is 230 g/mol. The number of thiophene rings is 1. The van der Waals surface area contributed by atoms with E-state index in [0.717, 1.165) is 25.8 Å². The molecular formula is C14H19NOS. The highest BCUT2D eigenvalue weighted by Gasteiger charge is 2.11. The molecule has 1 N–H and O–H groups in total. The quantitative estimate of drug-likeness (QED) is 0.802. The molecule has 2 aromatic rings. The van der Waals surface area contributed by atoms with Gasteiger partial charge in [-0.15, -0.1) is 0 Å². The van der Waals surface area contributed by atoms with Crippen LogP contribution in [0.4, 0.5) is 0 Å². The zero-order chi connectivity index (χ0) is 11.9. The van der Waals surface area contributed by atoms with E-state index in [9.17, 15) is 0 Å². The van der Waals surface area contributed by atoms with Crippen molar-refractivity contribution in [3.05, 3.63) is 46.5 Å². The van der Waals surface area contributed by atoms with Crippen molar-refractivity contribution in [2.75, 3.05) is 6.54 Å². The Morgan fingerprint density at radius 2 is 2.35 bits per heavy atom. The highest BCUT2D eigenvalue weighted by atomic mass is 32.1. The normalized spacial score (nSPS) is 12.8. The smallest absolute Gasteiger partial charge is 0.0950 e. The summed E-state index contributed by atoms with van der Waals surface area (Å²) in [5, 5.41) is 7.95. The summed E-state index contributed by atoms with van der Waals surface area (Å²) in [6.45, 7) is 3.25. The number of hydrogen-bond donors (Lipinski definition) is 1. The molecule has 0 aliphatic heterocycles. The van der Waals surface area contributed by atoms with Gasteiger partial charge in [0.15, 0.2) is 0 Å². The van der Waals surface area contributed by atoms with Gasteiger partial charge in [-0.05, 0) is 54.3 Å². The first kappa shape index (κ1) is 12.4. The molecule has 0 saturated carbocycles. The van der Waals surface area contributed by atoms with Crippen LogP contribution in [0.25, 0.3) is 0 Å². The third-order valence-electron chi connectivity index (χ3n) is 2.89. The van der Waals surface area contributed by atoms with Gasteiger partial charge in [0, 0.05) is 11.6 Å². The first-order valence-corrected chi connectivity index (χ1v) is 7.11. The van der Waals surface area contributed by atoms with E-state index in [1.165, 1.54) is 11.1 Å². The van der Waals surface area contributed by atoms with Crippen LogP contribution in [0, 0.1) is 0 Å². The first-order valence-electron chi connectivity index (χ1n) is 6.16. The minimum Gasteiger partial charge on any atom is -0.472 e. The Balaban J connectivity index is 1.91. The largest absolute Gasteiger partial charge is 0.472 e. The van der Waals surface area contributed by atoms with Gasteiger partial charge in [-0.25, -0.2) is 0 Å². The molecule has 0 aliphatic rings. The summed E-state index contributed by atoms with van der Waals surface area (Å²) in [5.74, 6) is 0. The van der Waals surface area contributed by atoms with Crippen LogP contribution in [0.1, 0.15) is 36.9 Å². The Labute approximate surface area is 107 Å². The molecule has 92 valence electrons. The molecule has 0 bridgehead atoms. The minimum absolute atomic E-state index is 0.411. The fourth-order valence-corrected chi connectivity index (χ4v) is 2.63. The second kappa shape index (κ2) is 6.62. The van der Waals surface area contributed by atoms with Gasteiger partial charge < -0.3 is 9.73 Å². The van der Waals surface area contributed by atoms with Crippen LogP contribution in [0.3, 0.4) is 0 Å². The lowest BCUT2D eigenvalue weighted by molar-refractivity contribution is 0.488. The van der Waals surface area contributed by atoms with Gasteiger partial charge in [-0.1, -0.05) is 6.92 Å². The molecule has 1 atom stereocenters. The summed E-state index contributed by atoms with van der Waals surface area (Å²) in [4.78, 5) is 0. The van der Waals surface area contributed by atoms with Crippen molar-refractivity contribution < 1.29 is 4.42 Å². The average Bonchev–Trinajstić information content (AvgIpc) is 3.01. The summed E-state index contributed by atoms with van der Waals surface area (Å²) in [7, 11) is 0. The summed E-state index contributed by atoms with van der Waals surface area (Å²) in [6.07, 6.45) is 7.00. The van der Waals surface area contributed by atoms with Crippen LogP contribution in [-0.4, -0.2) is 6.54 Å². The van der Waals surface area contributed by atoms with E-state index in [4.69, 9.17) is 4.42 Å². The van der Waals surface area contributed by atoms with Crippen molar-refractivity contribution in [2.24, 2.45) is 0 Å². The maximum absolute atomic E-state index is 5.17. The maximum Gasteiger partial charge on any atom is 0.0950 e. The van der Waals surface area contributed by atoms with Crippen molar-refractivity contribution in [3.63, 3.8) is 0 Å². The van der Waals surface area contributed by atoms with Crippen molar-refractivity contribution >= 4 is 11.3 Å². The molecule has 1 unspecified atom stereocenters. The third-order valence-corrected chi connectivity index (χ3v) is 3.62. The number of hydrogen-bond acceptors (Lipinski definition) is 3. The third kappa shape index (κ3) is 3.72. The molecule has 2 aromatic heterocycles. The lowest BCUT2D eigenvalue weighted by Crippen LogP contribution is -2.22. The minimum atomic E-state index is 0.411. The van der Waals surface area contributed by atoms with Gasteiger partial charge in [0.1, 0.15) is 0 Å². The molecule has 2 rings (SSSR count).